The first kappa shape index (κ1) is 17.1. The van der Waals surface area contributed by atoms with Crippen LogP contribution in [0.2, 0.25) is 0 Å². The minimum atomic E-state index is -0.855. The van der Waals surface area contributed by atoms with Crippen LogP contribution in [0.5, 0.6) is 0 Å². The minimum absolute atomic E-state index is 0.182. The summed E-state index contributed by atoms with van der Waals surface area (Å²) in [4.78, 5) is 39.4. The predicted octanol–water partition coefficient (Wildman–Crippen LogP) is 2.23. The lowest BCUT2D eigenvalue weighted by atomic mass is 10.2. The van der Waals surface area contributed by atoms with Crippen LogP contribution in [0.15, 0.2) is 35.4 Å². The summed E-state index contributed by atoms with van der Waals surface area (Å²) in [5.41, 5.74) is -0.740. The second-order valence-corrected chi connectivity index (χ2v) is 5.38. The van der Waals surface area contributed by atoms with Gasteiger partial charge in [-0.15, -0.1) is 0 Å². The summed E-state index contributed by atoms with van der Waals surface area (Å²) in [6, 6.07) is 6.12. The lowest BCUT2D eigenvalue weighted by Crippen LogP contribution is -2.14. The molecule has 0 amide bonds. The number of nitrogens with zero attached hydrogens (tertiary/aromatic N) is 2. The zero-order chi connectivity index (χ0) is 17.7. The molecule has 0 spiro atoms. The second-order valence-electron chi connectivity index (χ2n) is 5.38. The highest BCUT2D eigenvalue weighted by molar-refractivity contribution is 5.90. The summed E-state index contributed by atoms with van der Waals surface area (Å²) in [7, 11) is 0. The van der Waals surface area contributed by atoms with E-state index >= 15 is 0 Å². The molecule has 0 saturated carbocycles. The molecule has 2 N–H and O–H groups in total. The van der Waals surface area contributed by atoms with Crippen LogP contribution >= 0.6 is 0 Å². The van der Waals surface area contributed by atoms with Crippen molar-refractivity contribution in [1.82, 2.24) is 9.97 Å². The van der Waals surface area contributed by atoms with Gasteiger partial charge in [-0.05, 0) is 30.2 Å². The third-order valence-corrected chi connectivity index (χ3v) is 2.94. The quantitative estimate of drug-likeness (QED) is 0.471. The van der Waals surface area contributed by atoms with Gasteiger partial charge in [0.1, 0.15) is 0 Å². The molecule has 1 heterocycles. The van der Waals surface area contributed by atoms with Gasteiger partial charge in [0.2, 0.25) is 5.82 Å². The van der Waals surface area contributed by atoms with Crippen LogP contribution in [0.4, 0.5) is 17.2 Å². The summed E-state index contributed by atoms with van der Waals surface area (Å²) >= 11 is 0. The largest absolute Gasteiger partial charge is 0.462 e. The van der Waals surface area contributed by atoms with Gasteiger partial charge in [0.25, 0.3) is 0 Å². The number of esters is 1. The van der Waals surface area contributed by atoms with Gasteiger partial charge in [-0.2, -0.15) is 0 Å². The van der Waals surface area contributed by atoms with E-state index < -0.39 is 22.1 Å². The number of carbonyl (C=O) groups is 1. The fourth-order valence-electron chi connectivity index (χ4n) is 1.81. The molecule has 0 aliphatic carbocycles. The molecule has 0 radical (unpaired) electrons. The minimum Gasteiger partial charge on any atom is -0.462 e. The Kier molecular flexibility index (Phi) is 5.25. The number of benzene rings is 1. The summed E-state index contributed by atoms with van der Waals surface area (Å²) in [5, 5.41) is 13.6. The number of hydrogen-bond donors (Lipinski definition) is 2. The van der Waals surface area contributed by atoms with E-state index in [1.165, 1.54) is 12.1 Å². The van der Waals surface area contributed by atoms with Gasteiger partial charge in [0.05, 0.1) is 23.4 Å². The van der Waals surface area contributed by atoms with Crippen molar-refractivity contribution in [3.8, 4) is 0 Å². The maximum absolute atomic E-state index is 11.8. The van der Waals surface area contributed by atoms with Crippen molar-refractivity contribution in [1.29, 1.82) is 0 Å². The SMILES string of the molecule is CC(C)COC(=O)c1ccc(Nc2nc[nH]c(=O)c2[N+](=O)[O-])cc1. The number of rotatable bonds is 6. The lowest BCUT2D eigenvalue weighted by Gasteiger charge is -2.08. The number of aromatic nitrogens is 2. The molecule has 0 saturated heterocycles. The fraction of sp³-hybridized carbons (Fsp3) is 0.267. The molecule has 2 aromatic rings. The van der Waals surface area contributed by atoms with E-state index in [2.05, 4.69) is 15.3 Å². The maximum Gasteiger partial charge on any atom is 0.376 e. The molecule has 0 aliphatic heterocycles. The van der Waals surface area contributed by atoms with Crippen molar-refractivity contribution in [2.45, 2.75) is 13.8 Å². The molecule has 9 heteroatoms. The van der Waals surface area contributed by atoms with Gasteiger partial charge >= 0.3 is 17.2 Å². The normalized spacial score (nSPS) is 10.5. The van der Waals surface area contributed by atoms with Crippen LogP contribution < -0.4 is 10.9 Å². The van der Waals surface area contributed by atoms with Gasteiger partial charge < -0.3 is 15.0 Å². The molecule has 1 aromatic heterocycles. The Bertz CT molecular complexity index is 798. The van der Waals surface area contributed by atoms with Gasteiger partial charge in [-0.1, -0.05) is 13.8 Å². The van der Waals surface area contributed by atoms with Crippen molar-refractivity contribution in [3.63, 3.8) is 0 Å². The van der Waals surface area contributed by atoms with E-state index in [0.29, 0.717) is 17.9 Å². The molecule has 2 rings (SSSR count). The van der Waals surface area contributed by atoms with Gasteiger partial charge in [-0.25, -0.2) is 9.78 Å². The van der Waals surface area contributed by atoms with Crippen LogP contribution in [0.1, 0.15) is 24.2 Å². The maximum atomic E-state index is 11.8. The highest BCUT2D eigenvalue weighted by Gasteiger charge is 2.20. The standard InChI is InChI=1S/C15H16N4O5/c1-9(2)7-24-15(21)10-3-5-11(6-4-10)18-13-12(19(22)23)14(20)17-8-16-13/h3-6,8-9H,7H2,1-2H3,(H2,16,17,18,20). The Morgan fingerprint density at radius 1 is 1.38 bits per heavy atom. The molecule has 24 heavy (non-hydrogen) atoms. The monoisotopic (exact) mass is 332 g/mol. The van der Waals surface area contributed by atoms with Crippen molar-refractivity contribution in [2.24, 2.45) is 5.92 Å². The Balaban J connectivity index is 2.16. The zero-order valence-corrected chi connectivity index (χ0v) is 13.1. The van der Waals surface area contributed by atoms with Gasteiger partial charge in [0.15, 0.2) is 0 Å². The third kappa shape index (κ3) is 4.15. The zero-order valence-electron chi connectivity index (χ0n) is 13.1. The number of nitrogens with one attached hydrogen (secondary N) is 2. The highest BCUT2D eigenvalue weighted by Crippen LogP contribution is 2.21. The number of hydrogen-bond acceptors (Lipinski definition) is 7. The molecule has 0 unspecified atom stereocenters. The number of anilines is 2. The summed E-state index contributed by atoms with van der Waals surface area (Å²) < 4.78 is 5.11. The fourth-order valence-corrected chi connectivity index (χ4v) is 1.81. The Hall–Kier alpha value is -3.23. The van der Waals surface area contributed by atoms with Gasteiger partial charge in [-0.3, -0.25) is 14.9 Å². The molecule has 0 atom stereocenters. The molecule has 0 fully saturated rings. The molecule has 0 bridgehead atoms. The topological polar surface area (TPSA) is 127 Å². The van der Waals surface area contributed by atoms with Crippen molar-refractivity contribution in [2.75, 3.05) is 11.9 Å². The van der Waals surface area contributed by atoms with Crippen molar-refractivity contribution in [3.05, 3.63) is 56.6 Å². The average Bonchev–Trinajstić information content (AvgIpc) is 2.53. The molecule has 9 nitrogen and oxygen atoms in total. The second kappa shape index (κ2) is 7.36. The summed E-state index contributed by atoms with van der Waals surface area (Å²) in [6.07, 6.45) is 1.06. The average molecular weight is 332 g/mol. The Morgan fingerprint density at radius 2 is 2.04 bits per heavy atom. The Labute approximate surface area is 136 Å². The third-order valence-electron chi connectivity index (χ3n) is 2.94. The number of H-pyrrole nitrogens is 1. The summed E-state index contributed by atoms with van der Waals surface area (Å²) in [6.45, 7) is 4.19. The van der Waals surface area contributed by atoms with E-state index in [9.17, 15) is 19.7 Å². The molecule has 126 valence electrons. The Morgan fingerprint density at radius 3 is 2.62 bits per heavy atom. The van der Waals surface area contributed by atoms with Gasteiger partial charge in [0, 0.05) is 5.69 Å². The first-order valence-corrected chi connectivity index (χ1v) is 7.14. The van der Waals surface area contributed by atoms with E-state index in [1.807, 2.05) is 13.8 Å². The molecular weight excluding hydrogens is 316 g/mol. The number of carbonyl (C=O) groups excluding carboxylic acids is 1. The van der Waals surface area contributed by atoms with E-state index in [0.717, 1.165) is 6.33 Å². The van der Waals surface area contributed by atoms with E-state index in [4.69, 9.17) is 4.74 Å². The van der Waals surface area contributed by atoms with Crippen LogP contribution in [0, 0.1) is 16.0 Å². The number of nitro groups is 1. The van der Waals surface area contributed by atoms with Crippen molar-refractivity contribution >= 4 is 23.2 Å². The van der Waals surface area contributed by atoms with E-state index in [-0.39, 0.29) is 11.7 Å². The lowest BCUT2D eigenvalue weighted by molar-refractivity contribution is -0.385. The smallest absolute Gasteiger partial charge is 0.376 e. The molecule has 1 aromatic carbocycles. The van der Waals surface area contributed by atoms with Crippen LogP contribution in [-0.4, -0.2) is 27.5 Å². The number of ether oxygens (including phenoxy) is 1. The molecular formula is C15H16N4O5. The first-order valence-electron chi connectivity index (χ1n) is 7.14. The summed E-state index contributed by atoms with van der Waals surface area (Å²) in [5.74, 6) is -0.396. The first-order chi connectivity index (χ1) is 11.4. The highest BCUT2D eigenvalue weighted by atomic mass is 16.6. The van der Waals surface area contributed by atoms with Crippen molar-refractivity contribution < 1.29 is 14.5 Å². The van der Waals surface area contributed by atoms with Crippen LogP contribution in [-0.2, 0) is 4.74 Å². The van der Waals surface area contributed by atoms with Crippen LogP contribution in [0.25, 0.3) is 0 Å². The van der Waals surface area contributed by atoms with Crippen LogP contribution in [0.3, 0.4) is 0 Å². The predicted molar refractivity (Wildman–Crippen MR) is 86.4 cm³/mol. The number of aromatic amines is 1. The van der Waals surface area contributed by atoms with E-state index in [1.54, 1.807) is 12.1 Å². The molecule has 0 aliphatic rings.